The van der Waals surface area contributed by atoms with Gasteiger partial charge < -0.3 is 10.5 Å². The van der Waals surface area contributed by atoms with Gasteiger partial charge in [-0.3, -0.25) is 25.0 Å². The number of ether oxygens (including phenoxy) is 1. The molecule has 2 aromatic carbocycles. The van der Waals surface area contributed by atoms with E-state index >= 15 is 0 Å². The number of nitrogens with zero attached hydrogens (tertiary/aromatic N) is 1. The van der Waals surface area contributed by atoms with Crippen molar-refractivity contribution >= 4 is 29.2 Å². The van der Waals surface area contributed by atoms with E-state index in [9.17, 15) is 24.5 Å². The normalized spacial score (nSPS) is 10.0. The monoisotopic (exact) mass is 357 g/mol. The first-order chi connectivity index (χ1) is 12.4. The van der Waals surface area contributed by atoms with E-state index in [1.807, 2.05) is 0 Å². The molecule has 3 N–H and O–H groups in total. The van der Waals surface area contributed by atoms with Crippen LogP contribution < -0.4 is 11.1 Å². The molecule has 0 aromatic heterocycles. The van der Waals surface area contributed by atoms with E-state index < -0.39 is 29.3 Å². The molecule has 9 nitrogen and oxygen atoms in total. The van der Waals surface area contributed by atoms with Gasteiger partial charge in [0.2, 0.25) is 5.91 Å². The van der Waals surface area contributed by atoms with Crippen LogP contribution in [-0.2, 0) is 20.7 Å². The molecule has 0 aliphatic carbocycles. The van der Waals surface area contributed by atoms with Crippen LogP contribution in [0.1, 0.15) is 15.9 Å². The van der Waals surface area contributed by atoms with Gasteiger partial charge in [-0.15, -0.1) is 0 Å². The second-order valence-corrected chi connectivity index (χ2v) is 5.24. The quantitative estimate of drug-likeness (QED) is 0.342. The lowest BCUT2D eigenvalue weighted by Crippen LogP contribution is -2.35. The van der Waals surface area contributed by atoms with Crippen LogP contribution in [0.15, 0.2) is 48.5 Å². The fraction of sp³-hybridized carbons (Fsp3) is 0.118. The molecule has 2 amide bonds. The first-order valence-electron chi connectivity index (χ1n) is 7.44. The summed E-state index contributed by atoms with van der Waals surface area (Å²) in [5, 5.41) is 12.8. The van der Waals surface area contributed by atoms with Crippen LogP contribution in [0.2, 0.25) is 0 Å². The third kappa shape index (κ3) is 5.13. The highest BCUT2D eigenvalue weighted by Gasteiger charge is 2.18. The van der Waals surface area contributed by atoms with E-state index in [4.69, 9.17) is 10.5 Å². The fourth-order valence-corrected chi connectivity index (χ4v) is 2.06. The SMILES string of the molecule is Nc1ccc([N+](=O)[O-])cc1C(=O)OCC(=O)NC(=O)Cc1ccccc1. The summed E-state index contributed by atoms with van der Waals surface area (Å²) in [6, 6.07) is 12.1. The van der Waals surface area contributed by atoms with Gasteiger partial charge in [-0.1, -0.05) is 30.3 Å². The number of carbonyl (C=O) groups is 3. The molecule has 9 heteroatoms. The van der Waals surface area contributed by atoms with Crippen molar-refractivity contribution in [3.63, 3.8) is 0 Å². The van der Waals surface area contributed by atoms with Crippen molar-refractivity contribution in [1.82, 2.24) is 5.32 Å². The maximum Gasteiger partial charge on any atom is 0.341 e. The topological polar surface area (TPSA) is 142 Å². The summed E-state index contributed by atoms with van der Waals surface area (Å²) in [6.45, 7) is -0.721. The molecule has 2 rings (SSSR count). The summed E-state index contributed by atoms with van der Waals surface area (Å²) in [5.41, 5.74) is 5.71. The molecule has 0 unspecified atom stereocenters. The fourth-order valence-electron chi connectivity index (χ4n) is 2.06. The molecule has 26 heavy (non-hydrogen) atoms. The Morgan fingerprint density at radius 2 is 1.77 bits per heavy atom. The van der Waals surface area contributed by atoms with Crippen molar-refractivity contribution in [3.05, 3.63) is 69.8 Å². The Bertz CT molecular complexity index is 851. The number of non-ortho nitro benzene ring substituents is 1. The number of imide groups is 1. The lowest BCUT2D eigenvalue weighted by atomic mass is 10.1. The maximum atomic E-state index is 11.9. The average Bonchev–Trinajstić information content (AvgIpc) is 2.60. The highest BCUT2D eigenvalue weighted by atomic mass is 16.6. The first-order valence-corrected chi connectivity index (χ1v) is 7.44. The van der Waals surface area contributed by atoms with Gasteiger partial charge in [-0.25, -0.2) is 4.79 Å². The molecule has 134 valence electrons. The Morgan fingerprint density at radius 1 is 1.08 bits per heavy atom. The molecule has 0 atom stereocenters. The highest BCUT2D eigenvalue weighted by molar-refractivity contribution is 5.99. The van der Waals surface area contributed by atoms with Gasteiger partial charge in [-0.2, -0.15) is 0 Å². The zero-order chi connectivity index (χ0) is 19.1. The number of nitro groups is 1. The Kier molecular flexibility index (Phi) is 5.99. The molecule has 0 radical (unpaired) electrons. The van der Waals surface area contributed by atoms with Crippen molar-refractivity contribution in [2.45, 2.75) is 6.42 Å². The summed E-state index contributed by atoms with van der Waals surface area (Å²) in [6.07, 6.45) is -0.00163. The van der Waals surface area contributed by atoms with Crippen LogP contribution in [-0.4, -0.2) is 29.3 Å². The van der Waals surface area contributed by atoms with Gasteiger partial charge in [-0.05, 0) is 11.6 Å². The van der Waals surface area contributed by atoms with Crippen LogP contribution in [0.25, 0.3) is 0 Å². The summed E-state index contributed by atoms with van der Waals surface area (Å²) in [5.74, 6) is -2.37. The lowest BCUT2D eigenvalue weighted by molar-refractivity contribution is -0.384. The van der Waals surface area contributed by atoms with Crippen LogP contribution in [0.4, 0.5) is 11.4 Å². The predicted molar refractivity (Wildman–Crippen MR) is 91.1 cm³/mol. The molecule has 0 fully saturated rings. The maximum absolute atomic E-state index is 11.9. The summed E-state index contributed by atoms with van der Waals surface area (Å²) in [4.78, 5) is 45.4. The number of esters is 1. The minimum absolute atomic E-state index is 0.00163. The van der Waals surface area contributed by atoms with Gasteiger partial charge in [0.1, 0.15) is 0 Å². The van der Waals surface area contributed by atoms with Crippen molar-refractivity contribution < 1.29 is 24.0 Å². The number of hydrogen-bond acceptors (Lipinski definition) is 7. The van der Waals surface area contributed by atoms with Crippen LogP contribution in [0.5, 0.6) is 0 Å². The Morgan fingerprint density at radius 3 is 2.42 bits per heavy atom. The third-order valence-corrected chi connectivity index (χ3v) is 3.29. The molecule has 0 saturated carbocycles. The number of nitrogens with two attached hydrogens (primary N) is 1. The Hall–Kier alpha value is -3.75. The van der Waals surface area contributed by atoms with Gasteiger partial charge in [0.05, 0.1) is 16.9 Å². The number of nitrogens with one attached hydrogen (secondary N) is 1. The summed E-state index contributed by atoms with van der Waals surface area (Å²) >= 11 is 0. The van der Waals surface area contributed by atoms with Crippen LogP contribution in [0.3, 0.4) is 0 Å². The van der Waals surface area contributed by atoms with E-state index in [1.54, 1.807) is 30.3 Å². The molecule has 0 spiro atoms. The smallest absolute Gasteiger partial charge is 0.341 e. The average molecular weight is 357 g/mol. The van der Waals surface area contributed by atoms with Gasteiger partial charge in [0.25, 0.3) is 11.6 Å². The molecule has 0 heterocycles. The van der Waals surface area contributed by atoms with E-state index in [-0.39, 0.29) is 23.4 Å². The van der Waals surface area contributed by atoms with Crippen molar-refractivity contribution in [2.24, 2.45) is 0 Å². The standard InChI is InChI=1S/C17H15N3O6/c18-14-7-6-12(20(24)25)9-13(14)17(23)26-10-16(22)19-15(21)8-11-4-2-1-3-5-11/h1-7,9H,8,10,18H2,(H,19,21,22). The molecule has 0 bridgehead atoms. The Balaban J connectivity index is 1.89. The van der Waals surface area contributed by atoms with E-state index in [0.29, 0.717) is 0 Å². The largest absolute Gasteiger partial charge is 0.452 e. The highest BCUT2D eigenvalue weighted by Crippen LogP contribution is 2.20. The minimum Gasteiger partial charge on any atom is -0.452 e. The molecule has 0 saturated heterocycles. The van der Waals surface area contributed by atoms with E-state index in [0.717, 1.165) is 17.7 Å². The number of nitrogen functional groups attached to an aromatic ring is 1. The first kappa shape index (κ1) is 18.6. The number of hydrogen-bond donors (Lipinski definition) is 2. The van der Waals surface area contributed by atoms with Crippen molar-refractivity contribution in [3.8, 4) is 0 Å². The zero-order valence-electron chi connectivity index (χ0n) is 13.5. The number of nitro benzene ring substituents is 1. The van der Waals surface area contributed by atoms with E-state index in [2.05, 4.69) is 5.32 Å². The number of amides is 2. The number of rotatable bonds is 6. The van der Waals surface area contributed by atoms with Crippen LogP contribution in [0, 0.1) is 10.1 Å². The Labute approximate surface area is 147 Å². The lowest BCUT2D eigenvalue weighted by Gasteiger charge is -2.07. The molecule has 0 aliphatic rings. The van der Waals surface area contributed by atoms with Gasteiger partial charge in [0.15, 0.2) is 6.61 Å². The van der Waals surface area contributed by atoms with Gasteiger partial charge in [0, 0.05) is 17.8 Å². The zero-order valence-corrected chi connectivity index (χ0v) is 13.5. The summed E-state index contributed by atoms with van der Waals surface area (Å²) < 4.78 is 4.75. The molecular weight excluding hydrogens is 342 g/mol. The molecule has 2 aromatic rings. The second-order valence-electron chi connectivity index (χ2n) is 5.24. The van der Waals surface area contributed by atoms with Crippen molar-refractivity contribution in [2.75, 3.05) is 12.3 Å². The van der Waals surface area contributed by atoms with E-state index in [1.165, 1.54) is 6.07 Å². The van der Waals surface area contributed by atoms with Crippen molar-refractivity contribution in [1.29, 1.82) is 0 Å². The number of anilines is 1. The molecule has 0 aliphatic heterocycles. The second kappa shape index (κ2) is 8.38. The predicted octanol–water partition coefficient (Wildman–Crippen LogP) is 1.22. The third-order valence-electron chi connectivity index (χ3n) is 3.29. The van der Waals surface area contributed by atoms with Crippen LogP contribution >= 0.6 is 0 Å². The molecular formula is C17H15N3O6. The number of carbonyl (C=O) groups excluding carboxylic acids is 3. The number of benzene rings is 2. The minimum atomic E-state index is -1.00. The van der Waals surface area contributed by atoms with Gasteiger partial charge >= 0.3 is 5.97 Å². The summed E-state index contributed by atoms with van der Waals surface area (Å²) in [7, 11) is 0.